The van der Waals surface area contributed by atoms with Gasteiger partial charge in [-0.2, -0.15) is 0 Å². The molecule has 0 spiro atoms. The van der Waals surface area contributed by atoms with Crippen molar-refractivity contribution in [3.63, 3.8) is 0 Å². The van der Waals surface area contributed by atoms with E-state index in [0.29, 0.717) is 6.42 Å². The van der Waals surface area contributed by atoms with Gasteiger partial charge in [-0.25, -0.2) is 0 Å². The maximum absolute atomic E-state index is 10.8. The van der Waals surface area contributed by atoms with Gasteiger partial charge in [0.1, 0.15) is 6.10 Å². The van der Waals surface area contributed by atoms with Crippen LogP contribution in [0.4, 0.5) is 0 Å². The molecule has 1 aliphatic carbocycles. The molecule has 0 aromatic rings. The lowest BCUT2D eigenvalue weighted by Gasteiger charge is -2.11. The van der Waals surface area contributed by atoms with E-state index >= 15 is 0 Å². The summed E-state index contributed by atoms with van der Waals surface area (Å²) in [5, 5.41) is 3.52. The van der Waals surface area contributed by atoms with Gasteiger partial charge in [-0.15, -0.1) is 0 Å². The lowest BCUT2D eigenvalue weighted by molar-refractivity contribution is -0.141. The van der Waals surface area contributed by atoms with Gasteiger partial charge in [0, 0.05) is 10.8 Å². The smallest absolute Gasteiger partial charge is 0.306 e. The van der Waals surface area contributed by atoms with Crippen LogP contribution in [0, 0.1) is 5.92 Å². The summed E-state index contributed by atoms with van der Waals surface area (Å²) in [5.74, 6) is -0.0829. The van der Waals surface area contributed by atoms with Crippen molar-refractivity contribution < 1.29 is 9.53 Å². The molecule has 1 fully saturated rings. The molecule has 0 bridgehead atoms. The highest BCUT2D eigenvalue weighted by atomic mass is 16.6. The van der Waals surface area contributed by atoms with Crippen LogP contribution >= 0.6 is 0 Å². The standard InChI is InChI=1S/C7H7N3O2/c8-10-9-5-2-1-4-3-6(11)12-7(4)5/h1-2,4-5,7H,3H2/t4-,5-,7+/m0/s1. The fraction of sp³-hybridized carbons (Fsp3) is 0.571. The first-order valence-corrected chi connectivity index (χ1v) is 3.73. The number of esters is 1. The molecule has 0 amide bonds. The Balaban J connectivity index is 2.18. The van der Waals surface area contributed by atoms with Gasteiger partial charge in [0.05, 0.1) is 12.5 Å². The topological polar surface area (TPSA) is 75.1 Å². The second kappa shape index (κ2) is 2.53. The maximum Gasteiger partial charge on any atom is 0.306 e. The van der Waals surface area contributed by atoms with E-state index in [2.05, 4.69) is 10.0 Å². The van der Waals surface area contributed by atoms with E-state index < -0.39 is 0 Å². The summed E-state index contributed by atoms with van der Waals surface area (Å²) in [6.45, 7) is 0. The molecular weight excluding hydrogens is 158 g/mol. The highest BCUT2D eigenvalue weighted by molar-refractivity contribution is 5.73. The minimum absolute atomic E-state index is 0.119. The summed E-state index contributed by atoms with van der Waals surface area (Å²) < 4.78 is 4.98. The molecule has 1 aliphatic heterocycles. The molecule has 2 aliphatic rings. The molecule has 5 nitrogen and oxygen atoms in total. The number of carbonyl (C=O) groups is 1. The van der Waals surface area contributed by atoms with Crippen LogP contribution in [-0.2, 0) is 9.53 Å². The summed E-state index contributed by atoms with van der Waals surface area (Å²) in [6.07, 6.45) is 3.85. The van der Waals surface area contributed by atoms with Crippen LogP contribution in [0.1, 0.15) is 6.42 Å². The predicted molar refractivity (Wildman–Crippen MR) is 40.1 cm³/mol. The Morgan fingerprint density at radius 3 is 3.25 bits per heavy atom. The quantitative estimate of drug-likeness (QED) is 0.192. The lowest BCUT2D eigenvalue weighted by Crippen LogP contribution is -2.22. The van der Waals surface area contributed by atoms with Crippen molar-refractivity contribution >= 4 is 5.97 Å². The van der Waals surface area contributed by atoms with Gasteiger partial charge in [-0.05, 0) is 5.53 Å². The van der Waals surface area contributed by atoms with Gasteiger partial charge in [0.15, 0.2) is 0 Å². The average molecular weight is 165 g/mol. The minimum atomic E-state index is -0.300. The minimum Gasteiger partial charge on any atom is -0.461 e. The largest absolute Gasteiger partial charge is 0.461 e. The number of nitrogens with zero attached hydrogens (tertiary/aromatic N) is 3. The van der Waals surface area contributed by atoms with E-state index in [9.17, 15) is 4.79 Å². The maximum atomic E-state index is 10.8. The fourth-order valence-corrected chi connectivity index (χ4v) is 1.63. The van der Waals surface area contributed by atoms with Crippen molar-refractivity contribution in [1.82, 2.24) is 0 Å². The Hall–Kier alpha value is -1.48. The first kappa shape index (κ1) is 7.18. The molecule has 2 rings (SSSR count). The molecule has 1 heterocycles. The first-order valence-electron chi connectivity index (χ1n) is 3.73. The zero-order chi connectivity index (χ0) is 8.55. The number of rotatable bonds is 1. The second-order valence-electron chi connectivity index (χ2n) is 2.90. The summed E-state index contributed by atoms with van der Waals surface area (Å²) in [5.41, 5.74) is 8.20. The van der Waals surface area contributed by atoms with Crippen molar-refractivity contribution in [3.05, 3.63) is 22.6 Å². The Morgan fingerprint density at radius 1 is 1.67 bits per heavy atom. The SMILES string of the molecule is [N-]=[N+]=N[C@H]1C=C[C@H]2CC(=O)O[C@@H]12. The van der Waals surface area contributed by atoms with Crippen molar-refractivity contribution in [2.45, 2.75) is 18.6 Å². The van der Waals surface area contributed by atoms with Crippen molar-refractivity contribution in [1.29, 1.82) is 0 Å². The molecule has 62 valence electrons. The fourth-order valence-electron chi connectivity index (χ4n) is 1.63. The van der Waals surface area contributed by atoms with Crippen molar-refractivity contribution in [2.75, 3.05) is 0 Å². The number of hydrogen-bond donors (Lipinski definition) is 0. The number of azide groups is 1. The molecule has 12 heavy (non-hydrogen) atoms. The number of fused-ring (bicyclic) bond motifs is 1. The first-order chi connectivity index (χ1) is 5.81. The molecule has 1 saturated heterocycles. The number of ether oxygens (including phenoxy) is 1. The summed E-state index contributed by atoms with van der Waals surface area (Å²) in [4.78, 5) is 13.5. The van der Waals surface area contributed by atoms with Crippen LogP contribution in [0.3, 0.4) is 0 Å². The van der Waals surface area contributed by atoms with Crippen molar-refractivity contribution in [3.8, 4) is 0 Å². The van der Waals surface area contributed by atoms with Crippen LogP contribution in [0.25, 0.3) is 10.4 Å². The van der Waals surface area contributed by atoms with Crippen LogP contribution in [0.2, 0.25) is 0 Å². The zero-order valence-electron chi connectivity index (χ0n) is 6.25. The highest BCUT2D eigenvalue weighted by Crippen LogP contribution is 2.32. The Bertz CT molecular complexity index is 293. The summed E-state index contributed by atoms with van der Waals surface area (Å²) >= 11 is 0. The van der Waals surface area contributed by atoms with E-state index in [-0.39, 0.29) is 24.0 Å². The number of carbonyl (C=O) groups excluding carboxylic acids is 1. The third-order valence-corrected chi connectivity index (χ3v) is 2.17. The summed E-state index contributed by atoms with van der Waals surface area (Å²) in [7, 11) is 0. The molecule has 0 radical (unpaired) electrons. The van der Waals surface area contributed by atoms with Gasteiger partial charge in [0.25, 0.3) is 0 Å². The number of hydrogen-bond acceptors (Lipinski definition) is 3. The monoisotopic (exact) mass is 165 g/mol. The predicted octanol–water partition coefficient (Wildman–Crippen LogP) is 1.17. The zero-order valence-corrected chi connectivity index (χ0v) is 6.25. The van der Waals surface area contributed by atoms with E-state index in [1.165, 1.54) is 0 Å². The molecule has 0 N–H and O–H groups in total. The van der Waals surface area contributed by atoms with Gasteiger partial charge >= 0.3 is 5.97 Å². The van der Waals surface area contributed by atoms with Crippen LogP contribution in [0.5, 0.6) is 0 Å². The van der Waals surface area contributed by atoms with Crippen molar-refractivity contribution in [2.24, 2.45) is 11.0 Å². The van der Waals surface area contributed by atoms with E-state index in [1.807, 2.05) is 6.08 Å². The molecule has 5 heteroatoms. The van der Waals surface area contributed by atoms with Crippen LogP contribution in [0.15, 0.2) is 17.3 Å². The molecule has 0 aromatic carbocycles. The average Bonchev–Trinajstić information content (AvgIpc) is 2.52. The molecule has 0 saturated carbocycles. The summed E-state index contributed by atoms with van der Waals surface area (Å²) in [6, 6.07) is -0.300. The molecule has 0 aromatic heterocycles. The molecule has 0 unspecified atom stereocenters. The van der Waals surface area contributed by atoms with Gasteiger partial charge < -0.3 is 4.74 Å². The van der Waals surface area contributed by atoms with Gasteiger partial charge in [-0.1, -0.05) is 17.3 Å². The van der Waals surface area contributed by atoms with E-state index in [4.69, 9.17) is 10.3 Å². The highest BCUT2D eigenvalue weighted by Gasteiger charge is 2.40. The molecular formula is C7H7N3O2. The third-order valence-electron chi connectivity index (χ3n) is 2.17. The molecule has 3 atom stereocenters. The van der Waals surface area contributed by atoms with Crippen LogP contribution in [-0.4, -0.2) is 18.1 Å². The second-order valence-corrected chi connectivity index (χ2v) is 2.90. The third kappa shape index (κ3) is 0.950. The lowest BCUT2D eigenvalue weighted by atomic mass is 10.0. The Kier molecular flexibility index (Phi) is 1.52. The van der Waals surface area contributed by atoms with Gasteiger partial charge in [-0.3, -0.25) is 4.79 Å². The van der Waals surface area contributed by atoms with E-state index in [1.54, 1.807) is 6.08 Å². The van der Waals surface area contributed by atoms with E-state index in [0.717, 1.165) is 0 Å². The Morgan fingerprint density at radius 2 is 2.50 bits per heavy atom. The van der Waals surface area contributed by atoms with Gasteiger partial charge in [0.2, 0.25) is 0 Å². The normalized spacial score (nSPS) is 37.3. The van der Waals surface area contributed by atoms with Crippen LogP contribution < -0.4 is 0 Å². The Labute approximate surface area is 68.6 Å².